The van der Waals surface area contributed by atoms with Crippen molar-refractivity contribution in [1.29, 1.82) is 5.26 Å². The van der Waals surface area contributed by atoms with Crippen LogP contribution in [-0.2, 0) is 10.5 Å². The van der Waals surface area contributed by atoms with Crippen LogP contribution in [0.1, 0.15) is 30.6 Å². The number of rotatable bonds is 4. The molecule has 1 fully saturated rings. The molecule has 144 valence electrons. The standard InChI is InChI=1S/C20H18N2O5S/c1-2-26-16-8-12(5-6-15(16)23)13-9-18(24)22-19(14(13)10-21)28-11-20(22,25)17-4-3-7-27-17/h3-8,13,23,25H,2,9,11H2,1H3/t13-,20+/m0/s1. The van der Waals surface area contributed by atoms with Gasteiger partial charge in [0.05, 0.1) is 35.3 Å². The number of hydrogen-bond donors (Lipinski definition) is 2. The number of carbonyl (C=O) groups excluding carboxylic acids is 1. The third-order valence-electron chi connectivity index (χ3n) is 4.91. The van der Waals surface area contributed by atoms with Crippen LogP contribution in [0.15, 0.2) is 51.6 Å². The van der Waals surface area contributed by atoms with Crippen molar-refractivity contribution in [3.05, 3.63) is 58.5 Å². The molecule has 1 saturated heterocycles. The van der Waals surface area contributed by atoms with Gasteiger partial charge in [0.15, 0.2) is 17.3 Å². The number of aromatic hydroxyl groups is 1. The van der Waals surface area contributed by atoms with Crippen LogP contribution in [-0.4, -0.2) is 33.4 Å². The first-order valence-electron chi connectivity index (χ1n) is 8.81. The van der Waals surface area contributed by atoms with Crippen LogP contribution in [0.25, 0.3) is 0 Å². The zero-order chi connectivity index (χ0) is 19.9. The fraction of sp³-hybridized carbons (Fsp3) is 0.300. The van der Waals surface area contributed by atoms with Crippen molar-refractivity contribution in [3.63, 3.8) is 0 Å². The van der Waals surface area contributed by atoms with Crippen LogP contribution >= 0.6 is 11.8 Å². The summed E-state index contributed by atoms with van der Waals surface area (Å²) in [4.78, 5) is 14.3. The van der Waals surface area contributed by atoms with E-state index in [1.54, 1.807) is 31.2 Å². The molecule has 2 atom stereocenters. The number of carbonyl (C=O) groups is 1. The van der Waals surface area contributed by atoms with E-state index in [1.165, 1.54) is 29.0 Å². The maximum absolute atomic E-state index is 13.0. The number of allylic oxidation sites excluding steroid dienone is 1. The first-order chi connectivity index (χ1) is 13.5. The third kappa shape index (κ3) is 2.75. The summed E-state index contributed by atoms with van der Waals surface area (Å²) < 4.78 is 10.8. The highest BCUT2D eigenvalue weighted by Crippen LogP contribution is 2.52. The molecule has 1 aromatic heterocycles. The molecule has 2 N–H and O–H groups in total. The minimum absolute atomic E-state index is 0.00274. The second kappa shape index (κ2) is 6.93. The number of ether oxygens (including phenoxy) is 1. The fourth-order valence-corrected chi connectivity index (χ4v) is 4.95. The van der Waals surface area contributed by atoms with E-state index in [2.05, 4.69) is 6.07 Å². The Morgan fingerprint density at radius 1 is 1.46 bits per heavy atom. The number of benzene rings is 1. The Bertz CT molecular complexity index is 995. The molecular formula is C20H18N2O5S. The number of aliphatic hydroxyl groups is 1. The molecule has 0 unspecified atom stereocenters. The number of amides is 1. The monoisotopic (exact) mass is 398 g/mol. The third-order valence-corrected chi connectivity index (χ3v) is 6.14. The number of phenols is 1. The van der Waals surface area contributed by atoms with Crippen LogP contribution in [0, 0.1) is 11.3 Å². The lowest BCUT2D eigenvalue weighted by molar-refractivity contribution is -0.152. The number of nitrogens with zero attached hydrogens (tertiary/aromatic N) is 2. The zero-order valence-corrected chi connectivity index (χ0v) is 15.9. The maximum atomic E-state index is 13.0. The van der Waals surface area contributed by atoms with Crippen molar-refractivity contribution in [3.8, 4) is 17.6 Å². The largest absolute Gasteiger partial charge is 0.504 e. The molecule has 28 heavy (non-hydrogen) atoms. The Hall–Kier alpha value is -2.89. The van der Waals surface area contributed by atoms with E-state index in [4.69, 9.17) is 9.15 Å². The Kier molecular flexibility index (Phi) is 4.57. The fourth-order valence-electron chi connectivity index (χ4n) is 3.62. The molecule has 1 aromatic carbocycles. The Labute approximate surface area is 165 Å². The molecule has 1 amide bonds. The van der Waals surface area contributed by atoms with E-state index in [9.17, 15) is 20.3 Å². The van der Waals surface area contributed by atoms with Crippen molar-refractivity contribution in [2.75, 3.05) is 12.4 Å². The van der Waals surface area contributed by atoms with Crippen molar-refractivity contribution in [2.45, 2.75) is 25.0 Å². The van der Waals surface area contributed by atoms with Crippen molar-refractivity contribution >= 4 is 17.7 Å². The quantitative estimate of drug-likeness (QED) is 0.815. The topological polar surface area (TPSA) is 107 Å². The van der Waals surface area contributed by atoms with Crippen LogP contribution in [0.3, 0.4) is 0 Å². The first kappa shape index (κ1) is 18.5. The predicted molar refractivity (Wildman–Crippen MR) is 101 cm³/mol. The highest BCUT2D eigenvalue weighted by molar-refractivity contribution is 8.03. The number of furan rings is 1. The van der Waals surface area contributed by atoms with E-state index in [0.29, 0.717) is 28.5 Å². The number of fused-ring (bicyclic) bond motifs is 1. The van der Waals surface area contributed by atoms with E-state index in [0.717, 1.165) is 0 Å². The molecular weight excluding hydrogens is 380 g/mol. The van der Waals surface area contributed by atoms with Crippen LogP contribution in [0.4, 0.5) is 0 Å². The minimum Gasteiger partial charge on any atom is -0.504 e. The normalized spacial score (nSPS) is 24.2. The van der Waals surface area contributed by atoms with Gasteiger partial charge in [0.2, 0.25) is 11.6 Å². The average Bonchev–Trinajstić information content (AvgIpc) is 3.33. The lowest BCUT2D eigenvalue weighted by Gasteiger charge is -2.36. The highest BCUT2D eigenvalue weighted by atomic mass is 32.2. The predicted octanol–water partition coefficient (Wildman–Crippen LogP) is 3.03. The molecule has 0 saturated carbocycles. The molecule has 8 heteroatoms. The van der Waals surface area contributed by atoms with Gasteiger partial charge in [-0.25, -0.2) is 0 Å². The number of hydrogen-bond acceptors (Lipinski definition) is 7. The number of phenolic OH excluding ortho intramolecular Hbond substituents is 1. The van der Waals surface area contributed by atoms with Crippen molar-refractivity contribution in [1.82, 2.24) is 4.90 Å². The summed E-state index contributed by atoms with van der Waals surface area (Å²) in [6.45, 7) is 2.19. The van der Waals surface area contributed by atoms with Gasteiger partial charge in [-0.2, -0.15) is 5.26 Å². The molecule has 0 radical (unpaired) electrons. The van der Waals surface area contributed by atoms with Gasteiger partial charge in [0, 0.05) is 12.3 Å². The van der Waals surface area contributed by atoms with Gasteiger partial charge in [-0.05, 0) is 36.8 Å². The first-order valence-corrected chi connectivity index (χ1v) is 9.80. The van der Waals surface area contributed by atoms with Gasteiger partial charge in [-0.15, -0.1) is 11.8 Å². The Balaban J connectivity index is 1.78. The van der Waals surface area contributed by atoms with E-state index in [-0.39, 0.29) is 29.6 Å². The van der Waals surface area contributed by atoms with E-state index < -0.39 is 11.6 Å². The lowest BCUT2D eigenvalue weighted by atomic mass is 9.85. The van der Waals surface area contributed by atoms with Crippen molar-refractivity contribution < 1.29 is 24.2 Å². The molecule has 2 aliphatic rings. The summed E-state index contributed by atoms with van der Waals surface area (Å²) in [6, 6.07) is 10.3. The smallest absolute Gasteiger partial charge is 0.231 e. The number of thioether (sulfide) groups is 1. The zero-order valence-electron chi connectivity index (χ0n) is 15.1. The minimum atomic E-state index is -1.61. The average molecular weight is 398 g/mol. The van der Waals surface area contributed by atoms with Gasteiger partial charge >= 0.3 is 0 Å². The molecule has 2 aromatic rings. The summed E-state index contributed by atoms with van der Waals surface area (Å²) in [6.07, 6.45) is 1.46. The molecule has 0 aliphatic carbocycles. The van der Waals surface area contributed by atoms with Crippen molar-refractivity contribution in [2.24, 2.45) is 0 Å². The van der Waals surface area contributed by atoms with Gasteiger partial charge in [0.1, 0.15) is 0 Å². The Morgan fingerprint density at radius 3 is 2.96 bits per heavy atom. The second-order valence-electron chi connectivity index (χ2n) is 6.56. The summed E-state index contributed by atoms with van der Waals surface area (Å²) in [7, 11) is 0. The van der Waals surface area contributed by atoms with Gasteiger partial charge in [0.25, 0.3) is 0 Å². The summed E-state index contributed by atoms with van der Waals surface area (Å²) in [5.41, 5.74) is -0.508. The number of nitriles is 1. The molecule has 4 rings (SSSR count). The maximum Gasteiger partial charge on any atom is 0.231 e. The van der Waals surface area contributed by atoms with E-state index in [1.807, 2.05) is 0 Å². The summed E-state index contributed by atoms with van der Waals surface area (Å²) in [5, 5.41) is 31.3. The van der Waals surface area contributed by atoms with Gasteiger partial charge in [-0.3, -0.25) is 9.69 Å². The molecule has 0 bridgehead atoms. The van der Waals surface area contributed by atoms with E-state index >= 15 is 0 Å². The Morgan fingerprint density at radius 2 is 2.29 bits per heavy atom. The molecule has 3 heterocycles. The molecule has 0 spiro atoms. The molecule has 2 aliphatic heterocycles. The summed E-state index contributed by atoms with van der Waals surface area (Å²) >= 11 is 1.26. The van der Waals surface area contributed by atoms with Gasteiger partial charge < -0.3 is 19.4 Å². The SMILES string of the molecule is CCOc1cc([C@@H]2CC(=O)N3C(=C2C#N)SC[C@@]3(O)c2ccco2)ccc1O. The van der Waals surface area contributed by atoms with Crippen LogP contribution in [0.5, 0.6) is 11.5 Å². The second-order valence-corrected chi connectivity index (χ2v) is 7.52. The molecule has 7 nitrogen and oxygen atoms in total. The van der Waals surface area contributed by atoms with Gasteiger partial charge in [-0.1, -0.05) is 6.07 Å². The van der Waals surface area contributed by atoms with Crippen LogP contribution < -0.4 is 4.74 Å². The highest BCUT2D eigenvalue weighted by Gasteiger charge is 2.53. The lowest BCUT2D eigenvalue weighted by Crippen LogP contribution is -2.48. The van der Waals surface area contributed by atoms with Crippen LogP contribution in [0.2, 0.25) is 0 Å². The summed E-state index contributed by atoms with van der Waals surface area (Å²) in [5.74, 6) is -0.0169.